The number of halogens is 2. The first kappa shape index (κ1) is 12.3. The second-order valence-corrected chi connectivity index (χ2v) is 3.99. The molecule has 15 heavy (non-hydrogen) atoms. The molecule has 0 fully saturated rings. The molecule has 0 aliphatic carbocycles. The standard InChI is InChI=1S/C11H14Cl2N2/c1-3-15(4-2)11(14)9-6-5-8(12)7-10(9)13/h5-7,14H,3-4H2,1-2H3. The fraction of sp³-hybridized carbons (Fsp3) is 0.364. The van der Waals surface area contributed by atoms with Crippen LogP contribution in [-0.2, 0) is 0 Å². The van der Waals surface area contributed by atoms with Gasteiger partial charge in [-0.1, -0.05) is 23.2 Å². The average molecular weight is 245 g/mol. The number of benzene rings is 1. The molecule has 4 heteroatoms. The molecule has 0 spiro atoms. The van der Waals surface area contributed by atoms with Gasteiger partial charge in [-0.15, -0.1) is 0 Å². The third-order valence-electron chi connectivity index (χ3n) is 2.27. The summed E-state index contributed by atoms with van der Waals surface area (Å²) in [5.41, 5.74) is 0.727. The molecule has 0 aliphatic heterocycles. The lowest BCUT2D eigenvalue weighted by Crippen LogP contribution is -2.30. The van der Waals surface area contributed by atoms with E-state index in [0.29, 0.717) is 15.9 Å². The van der Waals surface area contributed by atoms with Gasteiger partial charge in [0, 0.05) is 23.7 Å². The second kappa shape index (κ2) is 5.38. The molecule has 0 atom stereocenters. The number of hydrogen-bond donors (Lipinski definition) is 1. The Bertz CT molecular complexity index is 360. The topological polar surface area (TPSA) is 27.1 Å². The lowest BCUT2D eigenvalue weighted by molar-refractivity contribution is 0.463. The molecule has 0 heterocycles. The van der Waals surface area contributed by atoms with E-state index < -0.39 is 0 Å². The van der Waals surface area contributed by atoms with Crippen LogP contribution in [0.25, 0.3) is 0 Å². The fourth-order valence-corrected chi connectivity index (χ4v) is 1.89. The summed E-state index contributed by atoms with van der Waals surface area (Å²) in [6.45, 7) is 5.63. The summed E-state index contributed by atoms with van der Waals surface area (Å²) < 4.78 is 0. The van der Waals surface area contributed by atoms with E-state index in [4.69, 9.17) is 28.6 Å². The lowest BCUT2D eigenvalue weighted by Gasteiger charge is -2.22. The van der Waals surface area contributed by atoms with Crippen molar-refractivity contribution in [1.29, 1.82) is 5.41 Å². The summed E-state index contributed by atoms with van der Waals surface area (Å²) in [6.07, 6.45) is 0. The molecule has 1 aromatic rings. The molecule has 2 nitrogen and oxygen atoms in total. The van der Waals surface area contributed by atoms with E-state index in [-0.39, 0.29) is 0 Å². The summed E-state index contributed by atoms with van der Waals surface area (Å²) in [7, 11) is 0. The van der Waals surface area contributed by atoms with E-state index in [1.807, 2.05) is 18.7 Å². The molecule has 0 aliphatic rings. The third-order valence-corrected chi connectivity index (χ3v) is 2.81. The first-order valence-electron chi connectivity index (χ1n) is 4.89. The van der Waals surface area contributed by atoms with Crippen LogP contribution in [0.2, 0.25) is 10.0 Å². The Morgan fingerprint density at radius 2 is 1.87 bits per heavy atom. The van der Waals surface area contributed by atoms with Crippen LogP contribution in [0.3, 0.4) is 0 Å². The molecule has 1 aromatic carbocycles. The Hall–Kier alpha value is -0.730. The zero-order valence-corrected chi connectivity index (χ0v) is 10.4. The highest BCUT2D eigenvalue weighted by Gasteiger charge is 2.11. The highest BCUT2D eigenvalue weighted by molar-refractivity contribution is 6.36. The molecule has 1 N–H and O–H groups in total. The first-order valence-corrected chi connectivity index (χ1v) is 5.64. The highest BCUT2D eigenvalue weighted by Crippen LogP contribution is 2.22. The molecule has 0 amide bonds. The van der Waals surface area contributed by atoms with Gasteiger partial charge >= 0.3 is 0 Å². The van der Waals surface area contributed by atoms with Crippen LogP contribution < -0.4 is 0 Å². The predicted octanol–water partition coefficient (Wildman–Crippen LogP) is 3.66. The van der Waals surface area contributed by atoms with Crippen LogP contribution in [0.4, 0.5) is 0 Å². The molecule has 0 radical (unpaired) electrons. The fourth-order valence-electron chi connectivity index (χ4n) is 1.39. The third kappa shape index (κ3) is 2.86. The van der Waals surface area contributed by atoms with E-state index in [1.54, 1.807) is 18.2 Å². The van der Waals surface area contributed by atoms with Gasteiger partial charge in [-0.2, -0.15) is 0 Å². The van der Waals surface area contributed by atoms with Gasteiger partial charge in [0.25, 0.3) is 0 Å². The zero-order chi connectivity index (χ0) is 11.4. The Labute approximate surface area is 100 Å². The van der Waals surface area contributed by atoms with Crippen molar-refractivity contribution < 1.29 is 0 Å². The van der Waals surface area contributed by atoms with E-state index >= 15 is 0 Å². The van der Waals surface area contributed by atoms with Gasteiger partial charge in [0.05, 0.1) is 5.02 Å². The maximum atomic E-state index is 8.00. The summed E-state index contributed by atoms with van der Waals surface area (Å²) in [4.78, 5) is 1.94. The number of rotatable bonds is 3. The summed E-state index contributed by atoms with van der Waals surface area (Å²) in [5.74, 6) is 0.446. The van der Waals surface area contributed by atoms with Crippen LogP contribution in [-0.4, -0.2) is 23.8 Å². The summed E-state index contributed by atoms with van der Waals surface area (Å²) in [5, 5.41) is 9.12. The van der Waals surface area contributed by atoms with Crippen molar-refractivity contribution in [2.45, 2.75) is 13.8 Å². The van der Waals surface area contributed by atoms with E-state index in [0.717, 1.165) is 18.7 Å². The molecule has 1 rings (SSSR count). The maximum Gasteiger partial charge on any atom is 0.129 e. The monoisotopic (exact) mass is 244 g/mol. The first-order chi connectivity index (χ1) is 7.10. The minimum absolute atomic E-state index is 0.446. The van der Waals surface area contributed by atoms with Crippen LogP contribution in [0.15, 0.2) is 18.2 Å². The van der Waals surface area contributed by atoms with Crippen LogP contribution in [0.1, 0.15) is 19.4 Å². The minimum Gasteiger partial charge on any atom is -0.357 e. The number of nitrogens with zero attached hydrogens (tertiary/aromatic N) is 1. The normalized spacial score (nSPS) is 10.1. The van der Waals surface area contributed by atoms with Gasteiger partial charge in [-0.25, -0.2) is 0 Å². The van der Waals surface area contributed by atoms with Crippen LogP contribution in [0, 0.1) is 5.41 Å². The Balaban J connectivity index is 3.00. The van der Waals surface area contributed by atoms with E-state index in [9.17, 15) is 0 Å². The Morgan fingerprint density at radius 1 is 1.27 bits per heavy atom. The van der Waals surface area contributed by atoms with Crippen molar-refractivity contribution in [3.8, 4) is 0 Å². The summed E-state index contributed by atoms with van der Waals surface area (Å²) >= 11 is 11.8. The smallest absolute Gasteiger partial charge is 0.129 e. The molecular weight excluding hydrogens is 231 g/mol. The second-order valence-electron chi connectivity index (χ2n) is 3.15. The predicted molar refractivity (Wildman–Crippen MR) is 66.2 cm³/mol. The molecular formula is C11H14Cl2N2. The highest BCUT2D eigenvalue weighted by atomic mass is 35.5. The van der Waals surface area contributed by atoms with E-state index in [2.05, 4.69) is 0 Å². The minimum atomic E-state index is 0.446. The van der Waals surface area contributed by atoms with Gasteiger partial charge < -0.3 is 4.90 Å². The van der Waals surface area contributed by atoms with Gasteiger partial charge in [0.2, 0.25) is 0 Å². The SMILES string of the molecule is CCN(CC)C(=N)c1ccc(Cl)cc1Cl. The van der Waals surface area contributed by atoms with Crippen molar-refractivity contribution in [2.75, 3.05) is 13.1 Å². The molecule has 0 saturated heterocycles. The van der Waals surface area contributed by atoms with Crippen molar-refractivity contribution in [2.24, 2.45) is 0 Å². The van der Waals surface area contributed by atoms with E-state index in [1.165, 1.54) is 0 Å². The number of nitrogens with one attached hydrogen (secondary N) is 1. The molecule has 0 bridgehead atoms. The van der Waals surface area contributed by atoms with Gasteiger partial charge in [0.1, 0.15) is 5.84 Å². The van der Waals surface area contributed by atoms with Crippen molar-refractivity contribution in [1.82, 2.24) is 4.90 Å². The Morgan fingerprint density at radius 3 is 2.33 bits per heavy atom. The van der Waals surface area contributed by atoms with Crippen molar-refractivity contribution >= 4 is 29.0 Å². The van der Waals surface area contributed by atoms with Gasteiger partial charge in [0.15, 0.2) is 0 Å². The lowest BCUT2D eigenvalue weighted by atomic mass is 10.2. The van der Waals surface area contributed by atoms with Crippen molar-refractivity contribution in [3.05, 3.63) is 33.8 Å². The number of amidine groups is 1. The largest absolute Gasteiger partial charge is 0.357 e. The molecule has 0 unspecified atom stereocenters. The van der Waals surface area contributed by atoms with Crippen molar-refractivity contribution in [3.63, 3.8) is 0 Å². The van der Waals surface area contributed by atoms with Gasteiger partial charge in [-0.05, 0) is 32.0 Å². The molecule has 0 saturated carbocycles. The average Bonchev–Trinajstić information content (AvgIpc) is 2.19. The zero-order valence-electron chi connectivity index (χ0n) is 8.85. The molecule has 82 valence electrons. The molecule has 0 aromatic heterocycles. The maximum absolute atomic E-state index is 8.00. The number of hydrogen-bond acceptors (Lipinski definition) is 1. The quantitative estimate of drug-likeness (QED) is 0.638. The van der Waals surface area contributed by atoms with Gasteiger partial charge in [-0.3, -0.25) is 5.41 Å². The van der Waals surface area contributed by atoms with Crippen LogP contribution in [0.5, 0.6) is 0 Å². The Kier molecular flexibility index (Phi) is 4.43. The summed E-state index contributed by atoms with van der Waals surface area (Å²) in [6, 6.07) is 5.20. The van der Waals surface area contributed by atoms with Crippen LogP contribution >= 0.6 is 23.2 Å².